The van der Waals surface area contributed by atoms with Crippen molar-refractivity contribution in [3.63, 3.8) is 0 Å². The van der Waals surface area contributed by atoms with E-state index in [4.69, 9.17) is 0 Å². The number of carbonyl (C=O) groups excluding carboxylic acids is 1. The van der Waals surface area contributed by atoms with Gasteiger partial charge in [0, 0.05) is 11.5 Å². The van der Waals surface area contributed by atoms with E-state index in [1.165, 1.54) is 0 Å². The van der Waals surface area contributed by atoms with Crippen molar-refractivity contribution in [1.82, 2.24) is 5.32 Å². The average Bonchev–Trinajstić information content (AvgIpc) is 2.24. The number of nitrogens with one attached hydrogen (secondary N) is 1. The second-order valence-electron chi connectivity index (χ2n) is 4.76. The third kappa shape index (κ3) is 2.78. The molecule has 0 amide bonds. The van der Waals surface area contributed by atoms with Crippen LogP contribution in [0.4, 0.5) is 17.6 Å². The molecule has 1 aliphatic heterocycles. The summed E-state index contributed by atoms with van der Waals surface area (Å²) in [5, 5.41) is 3.00. The van der Waals surface area contributed by atoms with Gasteiger partial charge in [0.2, 0.25) is 0 Å². The predicted octanol–water partition coefficient (Wildman–Crippen LogP) is 2.88. The molecule has 0 aliphatic carbocycles. The van der Waals surface area contributed by atoms with E-state index in [1.807, 2.05) is 0 Å². The van der Waals surface area contributed by atoms with E-state index >= 15 is 0 Å². The molecular formula is C13H13F4NO. The molecule has 1 heterocycles. The highest BCUT2D eigenvalue weighted by molar-refractivity contribution is 5.98. The summed E-state index contributed by atoms with van der Waals surface area (Å²) < 4.78 is 50.8. The highest BCUT2D eigenvalue weighted by atomic mass is 19.4. The number of hydrogen-bond acceptors (Lipinski definition) is 2. The van der Waals surface area contributed by atoms with Crippen LogP contribution in [0.25, 0.3) is 0 Å². The zero-order valence-electron chi connectivity index (χ0n) is 10.2. The van der Waals surface area contributed by atoms with Crippen molar-refractivity contribution in [2.75, 3.05) is 13.1 Å². The van der Waals surface area contributed by atoms with Crippen LogP contribution in [0.3, 0.4) is 0 Å². The van der Waals surface area contributed by atoms with Crippen LogP contribution in [-0.4, -0.2) is 18.9 Å². The van der Waals surface area contributed by atoms with Crippen molar-refractivity contribution >= 4 is 5.78 Å². The summed E-state index contributed by atoms with van der Waals surface area (Å²) in [5.74, 6) is -1.97. The molecule has 1 unspecified atom stereocenters. The minimum atomic E-state index is -4.79. The van der Waals surface area contributed by atoms with Crippen molar-refractivity contribution in [2.45, 2.75) is 13.1 Å². The lowest BCUT2D eigenvalue weighted by Gasteiger charge is -2.31. The summed E-state index contributed by atoms with van der Waals surface area (Å²) in [4.78, 5) is 12.1. The van der Waals surface area contributed by atoms with E-state index < -0.39 is 17.6 Å². The number of alkyl halides is 3. The standard InChI is InChI=1S/C13H13F4NO/c1-7(9-5-18-6-9)12(19)8-2-3-11(14)10(4-8)13(15,16)17/h2-4,7,9,18H,5-6H2,1H3. The molecular weight excluding hydrogens is 262 g/mol. The maximum absolute atomic E-state index is 13.1. The van der Waals surface area contributed by atoms with Crippen molar-refractivity contribution in [2.24, 2.45) is 11.8 Å². The number of carbonyl (C=O) groups is 1. The van der Waals surface area contributed by atoms with E-state index in [9.17, 15) is 22.4 Å². The summed E-state index contributed by atoms with van der Waals surface area (Å²) in [6, 6.07) is 2.40. The van der Waals surface area contributed by atoms with Gasteiger partial charge in [0.1, 0.15) is 5.82 Å². The minimum Gasteiger partial charge on any atom is -0.316 e. The highest BCUT2D eigenvalue weighted by Gasteiger charge is 2.36. The SMILES string of the molecule is CC(C(=O)c1ccc(F)c(C(F)(F)F)c1)C1CNC1. The number of halogens is 4. The Kier molecular flexibility index (Phi) is 3.62. The Balaban J connectivity index is 2.27. The Morgan fingerprint density at radius 3 is 2.47 bits per heavy atom. The Morgan fingerprint density at radius 2 is 2.00 bits per heavy atom. The Morgan fingerprint density at radius 1 is 1.37 bits per heavy atom. The van der Waals surface area contributed by atoms with Gasteiger partial charge in [-0.25, -0.2) is 4.39 Å². The molecule has 6 heteroatoms. The van der Waals surface area contributed by atoms with E-state index in [0.717, 1.165) is 6.07 Å². The van der Waals surface area contributed by atoms with Crippen molar-refractivity contribution < 1.29 is 22.4 Å². The summed E-state index contributed by atoms with van der Waals surface area (Å²) in [5.41, 5.74) is -1.48. The highest BCUT2D eigenvalue weighted by Crippen LogP contribution is 2.32. The lowest BCUT2D eigenvalue weighted by molar-refractivity contribution is -0.140. The average molecular weight is 275 g/mol. The van der Waals surface area contributed by atoms with Gasteiger partial charge >= 0.3 is 6.18 Å². The van der Waals surface area contributed by atoms with Gasteiger partial charge in [0.25, 0.3) is 0 Å². The molecule has 2 nitrogen and oxygen atoms in total. The van der Waals surface area contributed by atoms with Crippen LogP contribution >= 0.6 is 0 Å². The van der Waals surface area contributed by atoms with Crippen LogP contribution in [0.1, 0.15) is 22.8 Å². The van der Waals surface area contributed by atoms with Gasteiger partial charge in [-0.15, -0.1) is 0 Å². The smallest absolute Gasteiger partial charge is 0.316 e. The maximum Gasteiger partial charge on any atom is 0.419 e. The molecule has 0 bridgehead atoms. The zero-order chi connectivity index (χ0) is 14.2. The quantitative estimate of drug-likeness (QED) is 0.679. The fourth-order valence-electron chi connectivity index (χ4n) is 2.04. The summed E-state index contributed by atoms with van der Waals surface area (Å²) in [6.07, 6.45) is -4.79. The molecule has 19 heavy (non-hydrogen) atoms. The van der Waals surface area contributed by atoms with Gasteiger partial charge in [0.15, 0.2) is 5.78 Å². The molecule has 1 aromatic rings. The molecule has 104 valence electrons. The van der Waals surface area contributed by atoms with Gasteiger partial charge in [-0.2, -0.15) is 13.2 Å². The van der Waals surface area contributed by atoms with Crippen LogP contribution < -0.4 is 5.32 Å². The normalized spacial score (nSPS) is 17.9. The summed E-state index contributed by atoms with van der Waals surface area (Å²) in [6.45, 7) is 3.05. The van der Waals surface area contributed by atoms with Crippen LogP contribution in [0, 0.1) is 17.7 Å². The third-order valence-electron chi connectivity index (χ3n) is 3.49. The van der Waals surface area contributed by atoms with Crippen LogP contribution in [-0.2, 0) is 6.18 Å². The first-order valence-corrected chi connectivity index (χ1v) is 5.92. The fraction of sp³-hybridized carbons (Fsp3) is 0.462. The summed E-state index contributed by atoms with van der Waals surface area (Å²) in [7, 11) is 0. The Bertz CT molecular complexity index is 494. The van der Waals surface area contributed by atoms with Gasteiger partial charge in [0.05, 0.1) is 5.56 Å². The molecule has 1 atom stereocenters. The zero-order valence-corrected chi connectivity index (χ0v) is 10.2. The first-order chi connectivity index (χ1) is 8.80. The van der Waals surface area contributed by atoms with Gasteiger partial charge in [-0.1, -0.05) is 6.92 Å². The molecule has 2 rings (SSSR count). The second-order valence-corrected chi connectivity index (χ2v) is 4.76. The molecule has 0 spiro atoms. The van der Waals surface area contributed by atoms with Crippen molar-refractivity contribution in [1.29, 1.82) is 0 Å². The molecule has 1 aromatic carbocycles. The number of Topliss-reactive ketones (excluding diaryl/α,β-unsaturated/α-hetero) is 1. The number of rotatable bonds is 3. The topological polar surface area (TPSA) is 29.1 Å². The molecule has 1 N–H and O–H groups in total. The van der Waals surface area contributed by atoms with Crippen LogP contribution in [0.2, 0.25) is 0 Å². The Labute approximate surface area is 107 Å². The Hall–Kier alpha value is -1.43. The molecule has 0 saturated carbocycles. The first kappa shape index (κ1) is 14.0. The van der Waals surface area contributed by atoms with Gasteiger partial charge in [-0.05, 0) is 37.2 Å². The van der Waals surface area contributed by atoms with Crippen LogP contribution in [0.5, 0.6) is 0 Å². The number of benzene rings is 1. The lowest BCUT2D eigenvalue weighted by Crippen LogP contribution is -2.47. The molecule has 0 radical (unpaired) electrons. The number of hydrogen-bond donors (Lipinski definition) is 1. The second kappa shape index (κ2) is 4.92. The van der Waals surface area contributed by atoms with E-state index in [-0.39, 0.29) is 23.2 Å². The van der Waals surface area contributed by atoms with E-state index in [2.05, 4.69) is 5.32 Å². The van der Waals surface area contributed by atoms with E-state index in [1.54, 1.807) is 6.92 Å². The minimum absolute atomic E-state index is 0.0897. The molecule has 1 saturated heterocycles. The van der Waals surface area contributed by atoms with E-state index in [0.29, 0.717) is 25.2 Å². The first-order valence-electron chi connectivity index (χ1n) is 5.92. The maximum atomic E-state index is 13.1. The third-order valence-corrected chi connectivity index (χ3v) is 3.49. The van der Waals surface area contributed by atoms with Gasteiger partial charge < -0.3 is 5.32 Å². The molecule has 1 fully saturated rings. The largest absolute Gasteiger partial charge is 0.419 e. The van der Waals surface area contributed by atoms with Crippen LogP contribution in [0.15, 0.2) is 18.2 Å². The monoisotopic (exact) mass is 275 g/mol. The number of ketones is 1. The van der Waals surface area contributed by atoms with Gasteiger partial charge in [-0.3, -0.25) is 4.79 Å². The lowest BCUT2D eigenvalue weighted by atomic mass is 9.83. The predicted molar refractivity (Wildman–Crippen MR) is 61.3 cm³/mol. The molecule has 0 aromatic heterocycles. The summed E-state index contributed by atoms with van der Waals surface area (Å²) >= 11 is 0. The molecule has 1 aliphatic rings. The fourth-order valence-corrected chi connectivity index (χ4v) is 2.04. The van der Waals surface area contributed by atoms with Crippen molar-refractivity contribution in [3.8, 4) is 0 Å². The van der Waals surface area contributed by atoms with Crippen molar-refractivity contribution in [3.05, 3.63) is 35.1 Å².